The predicted molar refractivity (Wildman–Crippen MR) is 122 cm³/mol. The van der Waals surface area contributed by atoms with Gasteiger partial charge in [-0.3, -0.25) is 4.79 Å². The Bertz CT molecular complexity index is 1140. The third-order valence-electron chi connectivity index (χ3n) is 6.02. The third kappa shape index (κ3) is 4.11. The lowest BCUT2D eigenvalue weighted by Gasteiger charge is -2.43. The summed E-state index contributed by atoms with van der Waals surface area (Å²) in [5.74, 6) is 3.95. The number of carbonyl (C=O) groups is 1. The molecule has 1 aliphatic heterocycles. The van der Waals surface area contributed by atoms with Crippen molar-refractivity contribution in [3.8, 4) is 29.5 Å². The van der Waals surface area contributed by atoms with Gasteiger partial charge >= 0.3 is 0 Å². The maximum Gasteiger partial charge on any atom is 0.299 e. The predicted octanol–water partition coefficient (Wildman–Crippen LogP) is 4.72. The van der Waals surface area contributed by atoms with Crippen molar-refractivity contribution >= 4 is 5.91 Å². The maximum atomic E-state index is 13.0. The first-order chi connectivity index (χ1) is 15.5. The number of ether oxygens (including phenoxy) is 1. The molecular formula is C26H27N3O3. The number of aryl methyl sites for hydroxylation is 1. The van der Waals surface area contributed by atoms with E-state index < -0.39 is 0 Å². The van der Waals surface area contributed by atoms with Crippen molar-refractivity contribution in [1.82, 2.24) is 15.0 Å². The molecule has 2 heterocycles. The highest BCUT2D eigenvalue weighted by Crippen LogP contribution is 2.41. The molecule has 2 atom stereocenters. The van der Waals surface area contributed by atoms with Crippen LogP contribution >= 0.6 is 0 Å². The summed E-state index contributed by atoms with van der Waals surface area (Å²) < 4.78 is 10.8. The molecule has 1 aromatic heterocycles. The number of benzene rings is 2. The van der Waals surface area contributed by atoms with Gasteiger partial charge in [-0.2, -0.15) is 4.98 Å². The van der Waals surface area contributed by atoms with Gasteiger partial charge < -0.3 is 14.2 Å². The number of aromatic nitrogens is 2. The van der Waals surface area contributed by atoms with E-state index in [-0.39, 0.29) is 18.0 Å². The van der Waals surface area contributed by atoms with E-state index in [9.17, 15) is 4.79 Å². The molecule has 2 aromatic carbocycles. The molecule has 6 nitrogen and oxygen atoms in total. The smallest absolute Gasteiger partial charge is 0.299 e. The number of amides is 1. The number of fused-ring (bicyclic) bond motifs is 1. The van der Waals surface area contributed by atoms with Crippen LogP contribution in [0, 0.1) is 19.3 Å². The number of nitrogens with zero attached hydrogens (tertiary/aromatic N) is 3. The molecule has 164 valence electrons. The Kier molecular flexibility index (Phi) is 6.27. The molecule has 0 saturated carbocycles. The van der Waals surface area contributed by atoms with Crippen LogP contribution in [0.3, 0.4) is 0 Å². The van der Waals surface area contributed by atoms with Crippen LogP contribution in [-0.2, 0) is 11.2 Å². The summed E-state index contributed by atoms with van der Waals surface area (Å²) in [6.07, 6.45) is 9.36. The van der Waals surface area contributed by atoms with Gasteiger partial charge in [0.15, 0.2) is 5.82 Å². The Morgan fingerprint density at radius 3 is 2.69 bits per heavy atom. The van der Waals surface area contributed by atoms with E-state index >= 15 is 0 Å². The average Bonchev–Trinajstić information content (AvgIpc) is 3.27. The van der Waals surface area contributed by atoms with Crippen LogP contribution in [0.1, 0.15) is 54.7 Å². The molecular weight excluding hydrogens is 402 g/mol. The van der Waals surface area contributed by atoms with Crippen molar-refractivity contribution in [2.75, 3.05) is 7.11 Å². The summed E-state index contributed by atoms with van der Waals surface area (Å²) >= 11 is 0. The second kappa shape index (κ2) is 9.27. The first kappa shape index (κ1) is 21.6. The lowest BCUT2D eigenvalue weighted by atomic mass is 9.82. The van der Waals surface area contributed by atoms with Crippen LogP contribution in [0.4, 0.5) is 0 Å². The highest BCUT2D eigenvalue weighted by Gasteiger charge is 2.37. The summed E-state index contributed by atoms with van der Waals surface area (Å²) in [6, 6.07) is 13.7. The topological polar surface area (TPSA) is 68.5 Å². The standard InChI is InChI=1S/C26H27N3O3/c1-5-7-8-21-15-20-16-22(31-4)13-14-23(20)25(29(21)24(30)6-2)18-9-11-19(12-10-18)26-27-17(3)28-32-26/h2,9-14,16,21,25H,5,7-8,15H2,1,3-4H3/t21-,25-/m0/s1. The van der Waals surface area contributed by atoms with Gasteiger partial charge in [-0.25, -0.2) is 0 Å². The quantitative estimate of drug-likeness (QED) is 0.531. The van der Waals surface area contributed by atoms with Gasteiger partial charge in [-0.15, -0.1) is 6.42 Å². The normalized spacial score (nSPS) is 17.5. The highest BCUT2D eigenvalue weighted by atomic mass is 16.5. The van der Waals surface area contributed by atoms with Gasteiger partial charge in [0.2, 0.25) is 0 Å². The van der Waals surface area contributed by atoms with Gasteiger partial charge in [0.05, 0.1) is 13.2 Å². The van der Waals surface area contributed by atoms with Crippen molar-refractivity contribution < 1.29 is 14.1 Å². The Morgan fingerprint density at radius 2 is 2.06 bits per heavy atom. The molecule has 3 aromatic rings. The minimum Gasteiger partial charge on any atom is -0.497 e. The fourth-order valence-electron chi connectivity index (χ4n) is 4.47. The van der Waals surface area contributed by atoms with Crippen LogP contribution in [0.5, 0.6) is 5.75 Å². The highest BCUT2D eigenvalue weighted by molar-refractivity contribution is 5.94. The summed E-state index contributed by atoms with van der Waals surface area (Å²) in [5, 5.41) is 3.86. The Morgan fingerprint density at radius 1 is 1.28 bits per heavy atom. The van der Waals surface area contributed by atoms with Crippen LogP contribution in [-0.4, -0.2) is 34.1 Å². The number of unbranched alkanes of at least 4 members (excludes halogenated alkanes) is 1. The van der Waals surface area contributed by atoms with E-state index in [1.807, 2.05) is 41.3 Å². The van der Waals surface area contributed by atoms with Crippen molar-refractivity contribution in [1.29, 1.82) is 0 Å². The molecule has 0 N–H and O–H groups in total. The maximum absolute atomic E-state index is 13.0. The van der Waals surface area contributed by atoms with Crippen molar-refractivity contribution in [3.05, 3.63) is 65.0 Å². The fourth-order valence-corrected chi connectivity index (χ4v) is 4.47. The third-order valence-corrected chi connectivity index (χ3v) is 6.02. The molecule has 32 heavy (non-hydrogen) atoms. The number of hydrogen-bond acceptors (Lipinski definition) is 5. The lowest BCUT2D eigenvalue weighted by Crippen LogP contribution is -2.47. The van der Waals surface area contributed by atoms with Gasteiger partial charge in [0, 0.05) is 11.6 Å². The number of terminal acetylenes is 1. The van der Waals surface area contributed by atoms with Gasteiger partial charge in [0.25, 0.3) is 11.8 Å². The van der Waals surface area contributed by atoms with Crippen LogP contribution in [0.2, 0.25) is 0 Å². The van der Waals surface area contributed by atoms with Crippen molar-refractivity contribution in [2.24, 2.45) is 0 Å². The number of hydrogen-bond donors (Lipinski definition) is 0. The van der Waals surface area contributed by atoms with Crippen LogP contribution in [0.25, 0.3) is 11.5 Å². The van der Waals surface area contributed by atoms with E-state index in [0.717, 1.165) is 48.1 Å². The largest absolute Gasteiger partial charge is 0.497 e. The molecule has 0 spiro atoms. The SMILES string of the molecule is C#CC(=O)N1[C@@H](CCCC)Cc2cc(OC)ccc2[C@@H]1c1ccc(-c2nc(C)no2)cc1. The molecule has 1 aliphatic rings. The molecule has 1 amide bonds. The van der Waals surface area contributed by atoms with Gasteiger partial charge in [-0.05, 0) is 66.6 Å². The molecule has 0 bridgehead atoms. The molecule has 0 saturated heterocycles. The Balaban J connectivity index is 1.80. The van der Waals surface area contributed by atoms with E-state index in [1.165, 1.54) is 5.56 Å². The summed E-state index contributed by atoms with van der Waals surface area (Å²) in [5.41, 5.74) is 4.08. The number of carbonyl (C=O) groups excluding carboxylic acids is 1. The van der Waals surface area contributed by atoms with Crippen molar-refractivity contribution in [2.45, 2.75) is 51.6 Å². The van der Waals surface area contributed by atoms with Gasteiger partial charge in [0.1, 0.15) is 5.75 Å². The molecule has 4 rings (SSSR count). The first-order valence-corrected chi connectivity index (χ1v) is 10.9. The number of rotatable bonds is 6. The monoisotopic (exact) mass is 429 g/mol. The van der Waals surface area contributed by atoms with E-state index in [0.29, 0.717) is 11.7 Å². The second-order valence-electron chi connectivity index (χ2n) is 8.09. The van der Waals surface area contributed by atoms with Gasteiger partial charge in [-0.1, -0.05) is 43.1 Å². The number of methoxy groups -OCH3 is 1. The summed E-state index contributed by atoms with van der Waals surface area (Å²) in [4.78, 5) is 19.2. The summed E-state index contributed by atoms with van der Waals surface area (Å²) in [7, 11) is 1.67. The Hall–Kier alpha value is -3.59. The van der Waals surface area contributed by atoms with Crippen molar-refractivity contribution in [3.63, 3.8) is 0 Å². The van der Waals surface area contributed by atoms with Crippen LogP contribution < -0.4 is 4.74 Å². The zero-order chi connectivity index (χ0) is 22.7. The van der Waals surface area contributed by atoms with Crippen LogP contribution in [0.15, 0.2) is 47.0 Å². The second-order valence-corrected chi connectivity index (χ2v) is 8.09. The van der Waals surface area contributed by atoms with E-state index in [2.05, 4.69) is 29.1 Å². The molecule has 6 heteroatoms. The molecule has 0 aliphatic carbocycles. The average molecular weight is 430 g/mol. The molecule has 0 unspecified atom stereocenters. The lowest BCUT2D eigenvalue weighted by molar-refractivity contribution is -0.130. The fraction of sp³-hybridized carbons (Fsp3) is 0.346. The first-order valence-electron chi connectivity index (χ1n) is 10.9. The zero-order valence-corrected chi connectivity index (χ0v) is 18.7. The minimum atomic E-state index is -0.283. The van der Waals surface area contributed by atoms with E-state index in [4.69, 9.17) is 15.7 Å². The molecule has 0 radical (unpaired) electrons. The summed E-state index contributed by atoms with van der Waals surface area (Å²) in [6.45, 7) is 3.94. The Labute approximate surface area is 188 Å². The minimum absolute atomic E-state index is 0.0290. The van der Waals surface area contributed by atoms with E-state index in [1.54, 1.807) is 14.0 Å². The zero-order valence-electron chi connectivity index (χ0n) is 18.7. The molecule has 0 fully saturated rings.